The Labute approximate surface area is 126 Å². The molecule has 1 saturated carbocycles. The number of aromatic nitrogens is 3. The van der Waals surface area contributed by atoms with Gasteiger partial charge in [0.1, 0.15) is 0 Å². The molecular formula is C11H16N4O4S2. The van der Waals surface area contributed by atoms with E-state index in [1.165, 1.54) is 0 Å². The van der Waals surface area contributed by atoms with E-state index < -0.39 is 15.8 Å². The van der Waals surface area contributed by atoms with Gasteiger partial charge in [-0.15, -0.1) is 10.2 Å². The minimum Gasteiger partial charge on any atom is -0.481 e. The molecule has 1 aromatic heterocycles. The molecule has 1 saturated heterocycles. The van der Waals surface area contributed by atoms with E-state index in [2.05, 4.69) is 10.2 Å². The van der Waals surface area contributed by atoms with Crippen molar-refractivity contribution in [2.45, 2.75) is 24.0 Å². The van der Waals surface area contributed by atoms with E-state index in [1.807, 2.05) is 9.47 Å². The van der Waals surface area contributed by atoms with E-state index in [0.29, 0.717) is 30.2 Å². The molecule has 116 valence electrons. The topological polar surface area (TPSA) is 105 Å². The van der Waals surface area contributed by atoms with Crippen LogP contribution in [0.25, 0.3) is 0 Å². The maximum absolute atomic E-state index is 11.5. The second-order valence-electron chi connectivity index (χ2n) is 5.21. The predicted molar refractivity (Wildman–Crippen MR) is 77.5 cm³/mol. The Morgan fingerprint density at radius 2 is 1.95 bits per heavy atom. The van der Waals surface area contributed by atoms with Gasteiger partial charge in [-0.3, -0.25) is 9.36 Å². The van der Waals surface area contributed by atoms with Crippen LogP contribution in [0.5, 0.6) is 0 Å². The highest BCUT2D eigenvalue weighted by molar-refractivity contribution is 7.99. The lowest BCUT2D eigenvalue weighted by molar-refractivity contribution is -0.133. The minimum atomic E-state index is -2.94. The van der Waals surface area contributed by atoms with Crippen molar-refractivity contribution in [2.75, 3.05) is 35.2 Å². The lowest BCUT2D eigenvalue weighted by Crippen LogP contribution is -2.41. The molecule has 8 nitrogen and oxygen atoms in total. The number of hydrogen-bond donors (Lipinski definition) is 1. The van der Waals surface area contributed by atoms with Crippen LogP contribution >= 0.6 is 11.8 Å². The maximum Gasteiger partial charge on any atom is 0.313 e. The predicted octanol–water partition coefficient (Wildman–Crippen LogP) is 0.0245. The quantitative estimate of drug-likeness (QED) is 0.753. The fourth-order valence-electron chi connectivity index (χ4n) is 2.27. The summed E-state index contributed by atoms with van der Waals surface area (Å²) in [6.45, 7) is 0.827. The normalized spacial score (nSPS) is 21.4. The van der Waals surface area contributed by atoms with Gasteiger partial charge in [-0.1, -0.05) is 11.8 Å². The van der Waals surface area contributed by atoms with Gasteiger partial charge in [-0.05, 0) is 12.8 Å². The van der Waals surface area contributed by atoms with E-state index in [1.54, 1.807) is 0 Å². The third kappa shape index (κ3) is 3.31. The van der Waals surface area contributed by atoms with Crippen LogP contribution in [0.1, 0.15) is 18.9 Å². The number of aliphatic carboxylic acids is 1. The molecule has 0 atom stereocenters. The average molecular weight is 332 g/mol. The number of anilines is 1. The number of carboxylic acid groups (broad SMARTS) is 1. The molecule has 0 unspecified atom stereocenters. The van der Waals surface area contributed by atoms with Crippen LogP contribution in [-0.2, 0) is 14.6 Å². The van der Waals surface area contributed by atoms with E-state index >= 15 is 0 Å². The third-order valence-electron chi connectivity index (χ3n) is 3.51. The molecule has 0 spiro atoms. The maximum atomic E-state index is 11.5. The zero-order valence-corrected chi connectivity index (χ0v) is 12.9. The van der Waals surface area contributed by atoms with Crippen molar-refractivity contribution in [3.63, 3.8) is 0 Å². The highest BCUT2D eigenvalue weighted by Gasteiger charge is 2.33. The molecule has 10 heteroatoms. The Kier molecular flexibility index (Phi) is 3.82. The molecule has 1 aliphatic heterocycles. The molecule has 1 aliphatic carbocycles. The number of carbonyl (C=O) groups is 1. The summed E-state index contributed by atoms with van der Waals surface area (Å²) in [6.07, 6.45) is 2.05. The molecule has 0 aromatic carbocycles. The van der Waals surface area contributed by atoms with E-state index in [0.717, 1.165) is 24.6 Å². The summed E-state index contributed by atoms with van der Waals surface area (Å²) in [5.74, 6) is -0.0278. The van der Waals surface area contributed by atoms with Gasteiger partial charge in [0.15, 0.2) is 15.0 Å². The molecule has 2 fully saturated rings. The van der Waals surface area contributed by atoms with Crippen LogP contribution in [0.3, 0.4) is 0 Å². The van der Waals surface area contributed by atoms with Crippen LogP contribution < -0.4 is 4.90 Å². The molecule has 21 heavy (non-hydrogen) atoms. The Morgan fingerprint density at radius 1 is 1.29 bits per heavy atom. The summed E-state index contributed by atoms with van der Waals surface area (Å²) in [5.41, 5.74) is 0. The Bertz CT molecular complexity index is 639. The standard InChI is InChI=1S/C11H16N4O4S2/c16-9(17)7-20-11-13-12-10(15(11)8-1-2-8)14-3-5-21(18,19)6-4-14/h8H,1-7H2,(H,16,17). The van der Waals surface area contributed by atoms with Gasteiger partial charge in [-0.25, -0.2) is 8.42 Å². The molecule has 3 rings (SSSR count). The first-order chi connectivity index (χ1) is 9.96. The number of rotatable bonds is 5. The first-order valence-corrected chi connectivity index (χ1v) is 9.52. The van der Waals surface area contributed by atoms with Crippen molar-refractivity contribution in [3.8, 4) is 0 Å². The van der Waals surface area contributed by atoms with E-state index in [4.69, 9.17) is 5.11 Å². The van der Waals surface area contributed by atoms with Crippen molar-refractivity contribution in [2.24, 2.45) is 0 Å². The highest BCUT2D eigenvalue weighted by Crippen LogP contribution is 2.41. The van der Waals surface area contributed by atoms with Gasteiger partial charge >= 0.3 is 5.97 Å². The van der Waals surface area contributed by atoms with Gasteiger partial charge in [0.25, 0.3) is 0 Å². The van der Waals surface area contributed by atoms with Crippen LogP contribution in [-0.4, -0.2) is 64.6 Å². The number of nitrogens with zero attached hydrogens (tertiary/aromatic N) is 4. The number of thioether (sulfide) groups is 1. The molecule has 0 radical (unpaired) electrons. The fourth-order valence-corrected chi connectivity index (χ4v) is 4.20. The van der Waals surface area contributed by atoms with E-state index in [9.17, 15) is 13.2 Å². The van der Waals surface area contributed by atoms with Gasteiger partial charge in [0.05, 0.1) is 17.3 Å². The summed E-state index contributed by atoms with van der Waals surface area (Å²) >= 11 is 1.15. The lowest BCUT2D eigenvalue weighted by atomic mass is 10.5. The number of carboxylic acids is 1. The smallest absolute Gasteiger partial charge is 0.313 e. The summed E-state index contributed by atoms with van der Waals surface area (Å²) in [4.78, 5) is 12.6. The zero-order chi connectivity index (χ0) is 15.0. The van der Waals surface area contributed by atoms with Crippen LogP contribution in [0.4, 0.5) is 5.95 Å². The largest absolute Gasteiger partial charge is 0.481 e. The number of hydrogen-bond acceptors (Lipinski definition) is 7. The molecular weight excluding hydrogens is 316 g/mol. The second kappa shape index (κ2) is 5.48. The minimum absolute atomic E-state index is 0.0563. The zero-order valence-electron chi connectivity index (χ0n) is 11.3. The van der Waals surface area contributed by atoms with Crippen LogP contribution in [0.15, 0.2) is 5.16 Å². The molecule has 2 aliphatic rings. The molecule has 1 aromatic rings. The van der Waals surface area contributed by atoms with Crippen molar-refractivity contribution in [3.05, 3.63) is 0 Å². The SMILES string of the molecule is O=C(O)CSc1nnc(N2CCS(=O)(=O)CC2)n1C1CC1. The lowest BCUT2D eigenvalue weighted by Gasteiger charge is -2.27. The molecule has 0 bridgehead atoms. The molecule has 1 N–H and O–H groups in total. The van der Waals surface area contributed by atoms with Crippen molar-refractivity contribution in [1.82, 2.24) is 14.8 Å². The van der Waals surface area contributed by atoms with Gasteiger partial charge in [0, 0.05) is 19.1 Å². The van der Waals surface area contributed by atoms with Crippen molar-refractivity contribution >= 4 is 33.5 Å². The Balaban J connectivity index is 1.80. The Morgan fingerprint density at radius 3 is 2.52 bits per heavy atom. The Hall–Kier alpha value is -1.29. The van der Waals surface area contributed by atoms with Gasteiger partial charge < -0.3 is 10.0 Å². The fraction of sp³-hybridized carbons (Fsp3) is 0.727. The summed E-state index contributed by atoms with van der Waals surface area (Å²) in [7, 11) is -2.94. The van der Waals surface area contributed by atoms with Crippen LogP contribution in [0, 0.1) is 0 Å². The number of sulfone groups is 1. The monoisotopic (exact) mass is 332 g/mol. The van der Waals surface area contributed by atoms with Crippen molar-refractivity contribution in [1.29, 1.82) is 0 Å². The average Bonchev–Trinajstić information content (AvgIpc) is 3.17. The van der Waals surface area contributed by atoms with Gasteiger partial charge in [-0.2, -0.15) is 0 Å². The van der Waals surface area contributed by atoms with Crippen LogP contribution in [0.2, 0.25) is 0 Å². The first kappa shape index (κ1) is 14.6. The molecule has 2 heterocycles. The second-order valence-corrected chi connectivity index (χ2v) is 8.45. The summed E-state index contributed by atoms with van der Waals surface area (Å²) in [6, 6.07) is 0.310. The summed E-state index contributed by atoms with van der Waals surface area (Å²) < 4.78 is 25.0. The molecule has 0 amide bonds. The summed E-state index contributed by atoms with van der Waals surface area (Å²) in [5, 5.41) is 17.6. The van der Waals surface area contributed by atoms with Crippen molar-refractivity contribution < 1.29 is 18.3 Å². The highest BCUT2D eigenvalue weighted by atomic mass is 32.2. The van der Waals surface area contributed by atoms with E-state index in [-0.39, 0.29) is 17.3 Å². The first-order valence-electron chi connectivity index (χ1n) is 6.71. The third-order valence-corrected chi connectivity index (χ3v) is 6.05. The van der Waals surface area contributed by atoms with Gasteiger partial charge in [0.2, 0.25) is 5.95 Å².